The Morgan fingerprint density at radius 3 is 2.70 bits per heavy atom. The number of ether oxygens (including phenoxy) is 1. The summed E-state index contributed by atoms with van der Waals surface area (Å²) in [6.07, 6.45) is 0. The predicted molar refractivity (Wildman–Crippen MR) is 84.2 cm³/mol. The maximum absolute atomic E-state index is 6.09. The zero-order chi connectivity index (χ0) is 14.5. The van der Waals surface area contributed by atoms with Crippen LogP contribution in [0.15, 0.2) is 39.2 Å². The topological polar surface area (TPSA) is 34.4 Å². The minimum atomic E-state index is 0.364. The second-order valence-corrected chi connectivity index (χ2v) is 6.09. The molecule has 0 aliphatic heterocycles. The van der Waals surface area contributed by atoms with E-state index < -0.39 is 0 Å². The number of benzene rings is 1. The molecule has 0 saturated carbocycles. The Labute approximate surface area is 132 Å². The van der Waals surface area contributed by atoms with Crippen LogP contribution in [0.2, 0.25) is 5.02 Å². The van der Waals surface area contributed by atoms with Gasteiger partial charge in [0, 0.05) is 10.5 Å². The lowest BCUT2D eigenvalue weighted by Gasteiger charge is -2.07. The van der Waals surface area contributed by atoms with Crippen LogP contribution < -0.4 is 10.1 Å². The van der Waals surface area contributed by atoms with E-state index in [-0.39, 0.29) is 0 Å². The zero-order valence-corrected chi connectivity index (χ0v) is 13.8. The summed E-state index contributed by atoms with van der Waals surface area (Å²) in [6.45, 7) is 5.28. The van der Waals surface area contributed by atoms with Crippen LogP contribution in [0.3, 0.4) is 0 Å². The van der Waals surface area contributed by atoms with Crippen molar-refractivity contribution in [2.45, 2.75) is 33.0 Å². The van der Waals surface area contributed by atoms with Gasteiger partial charge in [0.1, 0.15) is 23.9 Å². The molecular formula is C15H17BrClNO2. The smallest absolute Gasteiger partial charge is 0.146 e. The third-order valence-corrected chi connectivity index (χ3v) is 3.45. The Kier molecular flexibility index (Phi) is 5.52. The van der Waals surface area contributed by atoms with Gasteiger partial charge in [0.15, 0.2) is 0 Å². The van der Waals surface area contributed by atoms with E-state index in [1.54, 1.807) is 6.07 Å². The highest BCUT2D eigenvalue weighted by molar-refractivity contribution is 9.10. The summed E-state index contributed by atoms with van der Waals surface area (Å²) >= 11 is 9.45. The summed E-state index contributed by atoms with van der Waals surface area (Å²) in [5, 5.41) is 3.88. The summed E-state index contributed by atoms with van der Waals surface area (Å²) in [5.74, 6) is 2.33. The van der Waals surface area contributed by atoms with E-state index in [1.807, 2.05) is 24.3 Å². The number of hydrogen-bond acceptors (Lipinski definition) is 3. The molecule has 0 unspecified atom stereocenters. The number of nitrogens with one attached hydrogen (secondary N) is 1. The minimum Gasteiger partial charge on any atom is -0.484 e. The van der Waals surface area contributed by atoms with Crippen LogP contribution in [-0.2, 0) is 13.2 Å². The highest BCUT2D eigenvalue weighted by Crippen LogP contribution is 2.28. The van der Waals surface area contributed by atoms with Gasteiger partial charge in [-0.3, -0.25) is 0 Å². The summed E-state index contributed by atoms with van der Waals surface area (Å²) in [4.78, 5) is 0. The van der Waals surface area contributed by atoms with Crippen molar-refractivity contribution in [2.75, 3.05) is 0 Å². The fourth-order valence-corrected chi connectivity index (χ4v) is 2.37. The molecule has 108 valence electrons. The van der Waals surface area contributed by atoms with Crippen molar-refractivity contribution in [1.29, 1.82) is 0 Å². The average molecular weight is 359 g/mol. The molecule has 0 fully saturated rings. The molecule has 5 heteroatoms. The van der Waals surface area contributed by atoms with Crippen molar-refractivity contribution in [3.63, 3.8) is 0 Å². The molecule has 2 aromatic rings. The lowest BCUT2D eigenvalue weighted by atomic mass is 10.3. The highest BCUT2D eigenvalue weighted by Gasteiger charge is 2.06. The lowest BCUT2D eigenvalue weighted by Crippen LogP contribution is -2.21. The second kappa shape index (κ2) is 7.16. The Morgan fingerprint density at radius 2 is 2.00 bits per heavy atom. The van der Waals surface area contributed by atoms with Crippen LogP contribution in [-0.4, -0.2) is 6.04 Å². The van der Waals surface area contributed by atoms with Gasteiger partial charge in [0.25, 0.3) is 0 Å². The quantitative estimate of drug-likeness (QED) is 0.807. The second-order valence-electron chi connectivity index (χ2n) is 4.77. The maximum atomic E-state index is 6.09. The van der Waals surface area contributed by atoms with Crippen LogP contribution in [0.4, 0.5) is 0 Å². The first kappa shape index (κ1) is 15.4. The molecule has 0 aliphatic rings. The predicted octanol–water partition coefficient (Wildman–Crippen LogP) is 4.77. The SMILES string of the molecule is CC(C)NCc1ccc(COc2ccc(Br)cc2Cl)o1. The van der Waals surface area contributed by atoms with Gasteiger partial charge < -0.3 is 14.5 Å². The molecule has 1 aromatic carbocycles. The van der Waals surface area contributed by atoms with E-state index in [1.165, 1.54) is 0 Å². The molecule has 0 amide bonds. The number of hydrogen-bond donors (Lipinski definition) is 1. The molecular weight excluding hydrogens is 342 g/mol. The molecule has 0 saturated heterocycles. The molecule has 1 N–H and O–H groups in total. The fraction of sp³-hybridized carbons (Fsp3) is 0.333. The Hall–Kier alpha value is -0.970. The average Bonchev–Trinajstić information content (AvgIpc) is 2.83. The minimum absolute atomic E-state index is 0.364. The Bertz CT molecular complexity index is 569. The fourth-order valence-electron chi connectivity index (χ4n) is 1.64. The number of rotatable bonds is 6. The molecule has 0 radical (unpaired) electrons. The van der Waals surface area contributed by atoms with E-state index in [4.69, 9.17) is 20.8 Å². The van der Waals surface area contributed by atoms with Crippen molar-refractivity contribution in [3.05, 3.63) is 51.3 Å². The summed E-state index contributed by atoms with van der Waals surface area (Å²) < 4.78 is 12.3. The Balaban J connectivity index is 1.90. The normalized spacial score (nSPS) is 11.1. The Morgan fingerprint density at radius 1 is 1.25 bits per heavy atom. The first-order valence-electron chi connectivity index (χ1n) is 6.43. The first-order chi connectivity index (χ1) is 9.54. The molecule has 2 rings (SSSR count). The first-order valence-corrected chi connectivity index (χ1v) is 7.60. The highest BCUT2D eigenvalue weighted by atomic mass is 79.9. The van der Waals surface area contributed by atoms with Crippen molar-refractivity contribution in [3.8, 4) is 5.75 Å². The summed E-state index contributed by atoms with van der Waals surface area (Å²) in [6, 6.07) is 9.83. The van der Waals surface area contributed by atoms with Crippen LogP contribution in [0.1, 0.15) is 25.4 Å². The molecule has 20 heavy (non-hydrogen) atoms. The van der Waals surface area contributed by atoms with Gasteiger partial charge >= 0.3 is 0 Å². The van der Waals surface area contributed by atoms with Crippen LogP contribution >= 0.6 is 27.5 Å². The van der Waals surface area contributed by atoms with Crippen LogP contribution in [0, 0.1) is 0 Å². The third-order valence-electron chi connectivity index (χ3n) is 2.67. The van der Waals surface area contributed by atoms with Gasteiger partial charge in [-0.2, -0.15) is 0 Å². The van der Waals surface area contributed by atoms with Gasteiger partial charge in [0.05, 0.1) is 11.6 Å². The van der Waals surface area contributed by atoms with Gasteiger partial charge in [0.2, 0.25) is 0 Å². The van der Waals surface area contributed by atoms with E-state index in [2.05, 4.69) is 35.1 Å². The van der Waals surface area contributed by atoms with Crippen molar-refractivity contribution in [1.82, 2.24) is 5.32 Å². The summed E-state index contributed by atoms with van der Waals surface area (Å²) in [7, 11) is 0. The van der Waals surface area contributed by atoms with E-state index in [9.17, 15) is 0 Å². The third kappa shape index (κ3) is 4.54. The van der Waals surface area contributed by atoms with Crippen molar-refractivity contribution >= 4 is 27.5 Å². The maximum Gasteiger partial charge on any atom is 0.146 e. The van der Waals surface area contributed by atoms with Crippen molar-refractivity contribution < 1.29 is 9.15 Å². The number of furan rings is 1. The molecule has 1 heterocycles. The number of halogens is 2. The van der Waals surface area contributed by atoms with E-state index >= 15 is 0 Å². The largest absolute Gasteiger partial charge is 0.484 e. The molecule has 0 spiro atoms. The van der Waals surface area contributed by atoms with E-state index in [0.717, 1.165) is 22.5 Å². The monoisotopic (exact) mass is 357 g/mol. The molecule has 0 bridgehead atoms. The van der Waals surface area contributed by atoms with E-state index in [0.29, 0.717) is 23.4 Å². The molecule has 1 aromatic heterocycles. The molecule has 0 atom stereocenters. The lowest BCUT2D eigenvalue weighted by molar-refractivity contribution is 0.265. The van der Waals surface area contributed by atoms with Crippen LogP contribution in [0.25, 0.3) is 0 Å². The van der Waals surface area contributed by atoms with Gasteiger partial charge in [-0.1, -0.05) is 41.4 Å². The molecule has 3 nitrogen and oxygen atoms in total. The van der Waals surface area contributed by atoms with Gasteiger partial charge in [-0.15, -0.1) is 0 Å². The standard InChI is InChI=1S/C15H17BrClNO2/c1-10(2)18-8-12-4-5-13(20-12)9-19-15-6-3-11(16)7-14(15)17/h3-7,10,18H,8-9H2,1-2H3. The van der Waals surface area contributed by atoms with Gasteiger partial charge in [-0.05, 0) is 30.3 Å². The van der Waals surface area contributed by atoms with Crippen LogP contribution in [0.5, 0.6) is 5.75 Å². The van der Waals surface area contributed by atoms with Gasteiger partial charge in [-0.25, -0.2) is 0 Å². The van der Waals surface area contributed by atoms with Crippen molar-refractivity contribution in [2.24, 2.45) is 0 Å². The summed E-state index contributed by atoms with van der Waals surface area (Å²) in [5.41, 5.74) is 0. The molecule has 0 aliphatic carbocycles. The zero-order valence-electron chi connectivity index (χ0n) is 11.5.